The molecule has 0 aromatic heterocycles. The fourth-order valence-electron chi connectivity index (χ4n) is 6.11. The second-order valence-electron chi connectivity index (χ2n) is 11.0. The SMILES string of the molecule is N=C(c1ccc(N2CC(N3CCOCC3)C2)cc1)c1cc(NCC2(c3ccccc3)CCOCC2)ccc1N. The Kier molecular flexibility index (Phi) is 7.55. The quantitative estimate of drug-likeness (QED) is 0.299. The van der Waals surface area contributed by atoms with E-state index in [1.165, 1.54) is 11.3 Å². The average Bonchev–Trinajstić information content (AvgIpc) is 2.97. The lowest BCUT2D eigenvalue weighted by Crippen LogP contribution is -2.61. The van der Waals surface area contributed by atoms with Crippen molar-refractivity contribution >= 4 is 22.8 Å². The number of hydrogen-bond donors (Lipinski definition) is 3. The third-order valence-corrected chi connectivity index (χ3v) is 8.74. The van der Waals surface area contributed by atoms with Crippen LogP contribution in [0, 0.1) is 5.41 Å². The number of morpholine rings is 1. The van der Waals surface area contributed by atoms with Crippen molar-refractivity contribution in [1.29, 1.82) is 5.41 Å². The first-order valence-electron chi connectivity index (χ1n) is 14.1. The summed E-state index contributed by atoms with van der Waals surface area (Å²) in [5.41, 5.74) is 12.6. The van der Waals surface area contributed by atoms with Crippen LogP contribution in [0.5, 0.6) is 0 Å². The Hall–Kier alpha value is -3.39. The lowest BCUT2D eigenvalue weighted by Gasteiger charge is -2.47. The normalized spacial score (nSPS) is 19.8. The van der Waals surface area contributed by atoms with Crippen LogP contribution in [0.3, 0.4) is 0 Å². The molecule has 3 saturated heterocycles. The predicted molar refractivity (Wildman–Crippen MR) is 158 cm³/mol. The molecule has 0 saturated carbocycles. The first kappa shape index (κ1) is 25.9. The van der Waals surface area contributed by atoms with Gasteiger partial charge in [-0.2, -0.15) is 0 Å². The van der Waals surface area contributed by atoms with E-state index in [4.69, 9.17) is 20.6 Å². The summed E-state index contributed by atoms with van der Waals surface area (Å²) in [4.78, 5) is 4.95. The zero-order valence-electron chi connectivity index (χ0n) is 22.6. The van der Waals surface area contributed by atoms with Crippen LogP contribution >= 0.6 is 0 Å². The van der Waals surface area contributed by atoms with E-state index in [9.17, 15) is 0 Å². The molecule has 0 bridgehead atoms. The van der Waals surface area contributed by atoms with Gasteiger partial charge in [-0.1, -0.05) is 42.5 Å². The minimum atomic E-state index is 0.0298. The zero-order valence-corrected chi connectivity index (χ0v) is 22.6. The number of nitrogens with one attached hydrogen (secondary N) is 2. The molecule has 0 atom stereocenters. The highest BCUT2D eigenvalue weighted by Gasteiger charge is 2.34. The molecule has 3 aromatic carbocycles. The molecule has 0 amide bonds. The Morgan fingerprint density at radius 2 is 1.59 bits per heavy atom. The van der Waals surface area contributed by atoms with E-state index in [1.54, 1.807) is 0 Å². The second-order valence-corrected chi connectivity index (χ2v) is 11.0. The lowest BCUT2D eigenvalue weighted by molar-refractivity contribution is 0.0105. The maximum Gasteiger partial charge on any atom is 0.0706 e. The molecular weight excluding hydrogens is 486 g/mol. The first-order chi connectivity index (χ1) is 19.1. The van der Waals surface area contributed by atoms with E-state index in [1.807, 2.05) is 30.3 Å². The van der Waals surface area contributed by atoms with Crippen LogP contribution in [0.1, 0.15) is 29.5 Å². The van der Waals surface area contributed by atoms with E-state index < -0.39 is 0 Å². The van der Waals surface area contributed by atoms with Crippen LogP contribution in [-0.4, -0.2) is 75.8 Å². The summed E-state index contributed by atoms with van der Waals surface area (Å²) >= 11 is 0. The molecule has 0 radical (unpaired) electrons. The Morgan fingerprint density at radius 3 is 2.31 bits per heavy atom. The molecule has 0 aliphatic carbocycles. The second kappa shape index (κ2) is 11.4. The van der Waals surface area contributed by atoms with E-state index in [0.717, 1.165) is 88.8 Å². The van der Waals surface area contributed by atoms with Gasteiger partial charge in [0.15, 0.2) is 0 Å². The molecule has 4 N–H and O–H groups in total. The molecule has 0 spiro atoms. The van der Waals surface area contributed by atoms with E-state index in [-0.39, 0.29) is 5.41 Å². The molecule has 3 fully saturated rings. The number of nitrogen functional groups attached to an aromatic ring is 1. The van der Waals surface area contributed by atoms with Crippen molar-refractivity contribution in [3.63, 3.8) is 0 Å². The largest absolute Gasteiger partial charge is 0.398 e. The van der Waals surface area contributed by atoms with Crippen molar-refractivity contribution in [3.8, 4) is 0 Å². The van der Waals surface area contributed by atoms with Crippen LogP contribution in [0.4, 0.5) is 17.1 Å². The van der Waals surface area contributed by atoms with Crippen LogP contribution in [0.25, 0.3) is 0 Å². The Labute approximate surface area is 231 Å². The molecule has 0 unspecified atom stereocenters. The summed E-state index contributed by atoms with van der Waals surface area (Å²) < 4.78 is 11.2. The van der Waals surface area contributed by atoms with Crippen molar-refractivity contribution in [3.05, 3.63) is 89.5 Å². The fraction of sp³-hybridized carbons (Fsp3) is 0.406. The monoisotopic (exact) mass is 525 g/mol. The molecule has 7 heteroatoms. The van der Waals surface area contributed by atoms with Gasteiger partial charge in [0.05, 0.1) is 18.9 Å². The molecule has 39 heavy (non-hydrogen) atoms. The van der Waals surface area contributed by atoms with E-state index in [2.05, 4.69) is 57.6 Å². The van der Waals surface area contributed by atoms with Gasteiger partial charge < -0.3 is 25.4 Å². The summed E-state index contributed by atoms with van der Waals surface area (Å²) in [6.45, 7) is 8.21. The Bertz CT molecular complexity index is 1260. The van der Waals surface area contributed by atoms with Gasteiger partial charge in [0, 0.05) is 85.6 Å². The average molecular weight is 526 g/mol. The Morgan fingerprint density at radius 1 is 0.897 bits per heavy atom. The van der Waals surface area contributed by atoms with E-state index >= 15 is 0 Å². The maximum atomic E-state index is 8.96. The van der Waals surface area contributed by atoms with Crippen molar-refractivity contribution in [1.82, 2.24) is 4.90 Å². The van der Waals surface area contributed by atoms with Gasteiger partial charge >= 0.3 is 0 Å². The van der Waals surface area contributed by atoms with Gasteiger partial charge in [0.2, 0.25) is 0 Å². The minimum Gasteiger partial charge on any atom is -0.398 e. The standard InChI is InChI=1S/C32H39N5O2/c33-30-11-8-26(35-23-32(12-16-38-17-13-32)25-4-2-1-3-5-25)20-29(30)31(34)24-6-9-27(10-7-24)37-21-28(22-37)36-14-18-39-19-15-36/h1-11,20,28,34-35H,12-19,21-23,33H2. The van der Waals surface area contributed by atoms with Crippen LogP contribution in [-0.2, 0) is 14.9 Å². The van der Waals surface area contributed by atoms with E-state index in [0.29, 0.717) is 17.4 Å². The predicted octanol–water partition coefficient (Wildman–Crippen LogP) is 4.37. The number of hydrogen-bond acceptors (Lipinski definition) is 7. The number of nitrogens with two attached hydrogens (primary N) is 1. The molecule has 3 heterocycles. The molecule has 3 aliphatic rings. The summed E-state index contributed by atoms with van der Waals surface area (Å²) in [6.07, 6.45) is 1.97. The van der Waals surface area contributed by atoms with Crippen molar-refractivity contribution in [2.75, 3.05) is 75.1 Å². The van der Waals surface area contributed by atoms with Gasteiger partial charge in [0.25, 0.3) is 0 Å². The first-order valence-corrected chi connectivity index (χ1v) is 14.1. The van der Waals surface area contributed by atoms with Crippen molar-refractivity contribution in [2.45, 2.75) is 24.3 Å². The van der Waals surface area contributed by atoms with Gasteiger partial charge in [-0.3, -0.25) is 10.3 Å². The molecule has 6 rings (SSSR count). The molecule has 7 nitrogen and oxygen atoms in total. The number of anilines is 3. The summed E-state index contributed by atoms with van der Waals surface area (Å²) in [5.74, 6) is 0. The number of rotatable bonds is 8. The molecule has 3 aliphatic heterocycles. The van der Waals surface area contributed by atoms with Crippen molar-refractivity contribution in [2.24, 2.45) is 0 Å². The molecule has 3 aromatic rings. The number of benzene rings is 3. The third-order valence-electron chi connectivity index (χ3n) is 8.74. The van der Waals surface area contributed by atoms with Gasteiger partial charge in [-0.05, 0) is 48.7 Å². The van der Waals surface area contributed by atoms with Gasteiger partial charge in [-0.25, -0.2) is 0 Å². The highest BCUT2D eigenvalue weighted by Crippen LogP contribution is 2.35. The molecule has 204 valence electrons. The number of ether oxygens (including phenoxy) is 2. The summed E-state index contributed by atoms with van der Waals surface area (Å²) in [6, 6.07) is 25.7. The summed E-state index contributed by atoms with van der Waals surface area (Å²) in [5, 5.41) is 12.6. The minimum absolute atomic E-state index is 0.0298. The van der Waals surface area contributed by atoms with Crippen LogP contribution in [0.2, 0.25) is 0 Å². The number of nitrogens with zero attached hydrogens (tertiary/aromatic N) is 2. The summed E-state index contributed by atoms with van der Waals surface area (Å²) in [7, 11) is 0. The van der Waals surface area contributed by atoms with Crippen molar-refractivity contribution < 1.29 is 9.47 Å². The Balaban J connectivity index is 1.12. The lowest BCUT2D eigenvalue weighted by atomic mass is 9.74. The zero-order chi connectivity index (χ0) is 26.7. The molecular formula is C32H39N5O2. The smallest absolute Gasteiger partial charge is 0.0706 e. The van der Waals surface area contributed by atoms with Crippen LogP contribution in [0.15, 0.2) is 72.8 Å². The third kappa shape index (κ3) is 5.53. The van der Waals surface area contributed by atoms with Gasteiger partial charge in [0.1, 0.15) is 0 Å². The van der Waals surface area contributed by atoms with Gasteiger partial charge in [-0.15, -0.1) is 0 Å². The fourth-order valence-corrected chi connectivity index (χ4v) is 6.11. The maximum absolute atomic E-state index is 8.96. The van der Waals surface area contributed by atoms with Crippen LogP contribution < -0.4 is 16.0 Å². The highest BCUT2D eigenvalue weighted by atomic mass is 16.5. The topological polar surface area (TPSA) is 86.8 Å². The highest BCUT2D eigenvalue weighted by molar-refractivity contribution is 6.14.